The smallest absolute Gasteiger partial charge is 0.391 e. The van der Waals surface area contributed by atoms with E-state index < -0.39 is 12.1 Å². The molecule has 5 heteroatoms. The highest BCUT2D eigenvalue weighted by Crippen LogP contribution is 2.38. The highest BCUT2D eigenvalue weighted by atomic mass is 19.4. The van der Waals surface area contributed by atoms with Crippen LogP contribution in [0.4, 0.5) is 13.2 Å². The van der Waals surface area contributed by atoms with Gasteiger partial charge in [-0.2, -0.15) is 13.2 Å². The van der Waals surface area contributed by atoms with Crippen LogP contribution < -0.4 is 5.32 Å². The largest absolute Gasteiger partial charge is 0.508 e. The molecule has 1 aromatic carbocycles. The highest BCUT2D eigenvalue weighted by molar-refractivity contribution is 5.27. The number of alkyl halides is 3. The van der Waals surface area contributed by atoms with Gasteiger partial charge in [0.2, 0.25) is 0 Å². The standard InChI is InChI=1S/C15H20F3NO/c1-10(11-5-7-14(20)8-6-11)19-13-4-2-3-12(9-13)15(16,17)18/h5-8,10,12-13,19-20H,2-4,9H2,1H3. The van der Waals surface area contributed by atoms with Crippen LogP contribution in [0.1, 0.15) is 44.2 Å². The molecule has 0 aliphatic heterocycles. The lowest BCUT2D eigenvalue weighted by Crippen LogP contribution is -2.39. The lowest BCUT2D eigenvalue weighted by molar-refractivity contribution is -0.183. The van der Waals surface area contributed by atoms with Gasteiger partial charge in [0.1, 0.15) is 5.75 Å². The van der Waals surface area contributed by atoms with E-state index in [1.807, 2.05) is 6.92 Å². The van der Waals surface area contributed by atoms with Gasteiger partial charge in [0, 0.05) is 12.1 Å². The Morgan fingerprint density at radius 2 is 1.85 bits per heavy atom. The van der Waals surface area contributed by atoms with Crippen molar-refractivity contribution in [2.24, 2.45) is 5.92 Å². The van der Waals surface area contributed by atoms with Gasteiger partial charge in [-0.15, -0.1) is 0 Å². The molecule has 1 aliphatic rings. The lowest BCUT2D eigenvalue weighted by Gasteiger charge is -2.33. The topological polar surface area (TPSA) is 32.3 Å². The molecule has 3 atom stereocenters. The van der Waals surface area contributed by atoms with Gasteiger partial charge in [-0.05, 0) is 43.9 Å². The monoisotopic (exact) mass is 287 g/mol. The second kappa shape index (κ2) is 6.04. The predicted octanol–water partition coefficient (Wildman–Crippen LogP) is 4.16. The number of phenolic OH excluding ortho intramolecular Hbond substituents is 1. The first-order chi connectivity index (χ1) is 9.36. The summed E-state index contributed by atoms with van der Waals surface area (Å²) in [6, 6.07) is 6.64. The van der Waals surface area contributed by atoms with Crippen molar-refractivity contribution in [2.45, 2.75) is 50.9 Å². The van der Waals surface area contributed by atoms with E-state index in [1.165, 1.54) is 0 Å². The van der Waals surface area contributed by atoms with Crippen LogP contribution in [0.3, 0.4) is 0 Å². The molecule has 0 saturated heterocycles. The molecular formula is C15H20F3NO. The molecule has 2 N–H and O–H groups in total. The van der Waals surface area contributed by atoms with Gasteiger partial charge in [-0.3, -0.25) is 0 Å². The van der Waals surface area contributed by atoms with Gasteiger partial charge >= 0.3 is 6.18 Å². The average molecular weight is 287 g/mol. The van der Waals surface area contributed by atoms with Gasteiger partial charge in [-0.1, -0.05) is 18.6 Å². The second-order valence-electron chi connectivity index (χ2n) is 5.58. The summed E-state index contributed by atoms with van der Waals surface area (Å²) in [6.07, 6.45) is -2.28. The minimum atomic E-state index is -4.08. The summed E-state index contributed by atoms with van der Waals surface area (Å²) in [6.45, 7) is 1.93. The van der Waals surface area contributed by atoms with E-state index in [4.69, 9.17) is 0 Å². The normalized spacial score (nSPS) is 25.4. The molecule has 1 fully saturated rings. The first kappa shape index (κ1) is 15.2. The third-order valence-corrected chi connectivity index (χ3v) is 4.02. The predicted molar refractivity (Wildman–Crippen MR) is 71.5 cm³/mol. The molecule has 0 radical (unpaired) electrons. The molecule has 20 heavy (non-hydrogen) atoms. The minimum Gasteiger partial charge on any atom is -0.508 e. The van der Waals surface area contributed by atoms with Gasteiger partial charge in [0.05, 0.1) is 5.92 Å². The Bertz CT molecular complexity index is 430. The molecule has 2 rings (SSSR count). The quantitative estimate of drug-likeness (QED) is 0.874. The summed E-state index contributed by atoms with van der Waals surface area (Å²) < 4.78 is 38.3. The van der Waals surface area contributed by atoms with Crippen molar-refractivity contribution in [3.05, 3.63) is 29.8 Å². The third kappa shape index (κ3) is 3.88. The number of nitrogens with one attached hydrogen (secondary N) is 1. The molecule has 3 unspecified atom stereocenters. The Hall–Kier alpha value is -1.23. The zero-order valence-electron chi connectivity index (χ0n) is 11.5. The lowest BCUT2D eigenvalue weighted by atomic mass is 9.85. The van der Waals surface area contributed by atoms with E-state index in [9.17, 15) is 18.3 Å². The van der Waals surface area contributed by atoms with Crippen molar-refractivity contribution in [1.29, 1.82) is 0 Å². The van der Waals surface area contributed by atoms with Crippen LogP contribution in [0, 0.1) is 5.92 Å². The van der Waals surface area contributed by atoms with E-state index in [1.54, 1.807) is 24.3 Å². The molecule has 1 aliphatic carbocycles. The molecule has 2 nitrogen and oxygen atoms in total. The maximum Gasteiger partial charge on any atom is 0.391 e. The van der Waals surface area contributed by atoms with Gasteiger partial charge in [0.25, 0.3) is 0 Å². The van der Waals surface area contributed by atoms with Crippen molar-refractivity contribution >= 4 is 0 Å². The SMILES string of the molecule is CC(NC1CCCC(C(F)(F)F)C1)c1ccc(O)cc1. The minimum absolute atomic E-state index is 0.0208. The number of halogens is 3. The maximum absolute atomic E-state index is 12.8. The van der Waals surface area contributed by atoms with Gasteiger partial charge in [-0.25, -0.2) is 0 Å². The van der Waals surface area contributed by atoms with Crippen molar-refractivity contribution in [1.82, 2.24) is 5.32 Å². The zero-order valence-corrected chi connectivity index (χ0v) is 11.5. The van der Waals surface area contributed by atoms with Gasteiger partial charge < -0.3 is 10.4 Å². The molecule has 0 heterocycles. The molecular weight excluding hydrogens is 267 g/mol. The highest BCUT2D eigenvalue weighted by Gasteiger charge is 2.42. The van der Waals surface area contributed by atoms with Crippen molar-refractivity contribution in [3.63, 3.8) is 0 Å². The molecule has 0 aromatic heterocycles. The summed E-state index contributed by atoms with van der Waals surface area (Å²) in [5, 5.41) is 12.5. The Kier molecular flexibility index (Phi) is 4.58. The third-order valence-electron chi connectivity index (χ3n) is 4.02. The van der Waals surface area contributed by atoms with E-state index in [-0.39, 0.29) is 30.7 Å². The van der Waals surface area contributed by atoms with Crippen molar-refractivity contribution < 1.29 is 18.3 Å². The van der Waals surface area contributed by atoms with E-state index in [2.05, 4.69) is 5.32 Å². The summed E-state index contributed by atoms with van der Waals surface area (Å²) in [4.78, 5) is 0. The molecule has 1 aromatic rings. The molecule has 0 amide bonds. The van der Waals surface area contributed by atoms with E-state index in [0.29, 0.717) is 6.42 Å². The summed E-state index contributed by atoms with van der Waals surface area (Å²) in [5.74, 6) is -0.989. The van der Waals surface area contributed by atoms with Crippen LogP contribution in [0.2, 0.25) is 0 Å². The molecule has 1 saturated carbocycles. The number of rotatable bonds is 3. The van der Waals surface area contributed by atoms with Crippen LogP contribution >= 0.6 is 0 Å². The Labute approximate surface area is 117 Å². The number of hydrogen-bond donors (Lipinski definition) is 2. The number of hydrogen-bond acceptors (Lipinski definition) is 2. The summed E-state index contributed by atoms with van der Waals surface area (Å²) >= 11 is 0. The Morgan fingerprint density at radius 3 is 2.45 bits per heavy atom. The Balaban J connectivity index is 1.94. The fraction of sp³-hybridized carbons (Fsp3) is 0.600. The number of phenols is 1. The van der Waals surface area contributed by atoms with Crippen molar-refractivity contribution in [2.75, 3.05) is 0 Å². The van der Waals surface area contributed by atoms with E-state index in [0.717, 1.165) is 12.0 Å². The van der Waals surface area contributed by atoms with Crippen molar-refractivity contribution in [3.8, 4) is 5.75 Å². The number of benzene rings is 1. The summed E-state index contributed by atoms with van der Waals surface area (Å²) in [7, 11) is 0. The average Bonchev–Trinajstić information content (AvgIpc) is 2.38. The maximum atomic E-state index is 12.8. The first-order valence-electron chi connectivity index (χ1n) is 6.98. The van der Waals surface area contributed by atoms with Crippen LogP contribution in [0.15, 0.2) is 24.3 Å². The molecule has 0 spiro atoms. The van der Waals surface area contributed by atoms with Crippen LogP contribution in [-0.2, 0) is 0 Å². The van der Waals surface area contributed by atoms with Gasteiger partial charge in [0.15, 0.2) is 0 Å². The Morgan fingerprint density at radius 1 is 1.20 bits per heavy atom. The van der Waals surface area contributed by atoms with Crippen LogP contribution in [0.25, 0.3) is 0 Å². The fourth-order valence-corrected chi connectivity index (χ4v) is 2.85. The number of aromatic hydroxyl groups is 1. The fourth-order valence-electron chi connectivity index (χ4n) is 2.85. The van der Waals surface area contributed by atoms with Crippen LogP contribution in [0.5, 0.6) is 5.75 Å². The second-order valence-corrected chi connectivity index (χ2v) is 5.58. The first-order valence-corrected chi connectivity index (χ1v) is 6.98. The van der Waals surface area contributed by atoms with Crippen LogP contribution in [-0.4, -0.2) is 17.3 Å². The van der Waals surface area contributed by atoms with E-state index >= 15 is 0 Å². The molecule has 112 valence electrons. The molecule has 0 bridgehead atoms. The summed E-state index contributed by atoms with van der Waals surface area (Å²) in [5.41, 5.74) is 0.969. The zero-order chi connectivity index (χ0) is 14.8.